The molecule has 0 saturated carbocycles. The average molecular weight is 285 g/mol. The highest BCUT2D eigenvalue weighted by Crippen LogP contribution is 2.19. The van der Waals surface area contributed by atoms with E-state index >= 15 is 0 Å². The van der Waals surface area contributed by atoms with Gasteiger partial charge in [0.25, 0.3) is 5.91 Å². The average Bonchev–Trinajstić information content (AvgIpc) is 2.46. The van der Waals surface area contributed by atoms with Gasteiger partial charge in [-0.3, -0.25) is 4.79 Å². The number of halogens is 1. The van der Waals surface area contributed by atoms with Gasteiger partial charge in [0.15, 0.2) is 0 Å². The normalized spacial score (nSPS) is 9.95. The molecule has 1 amide bonds. The summed E-state index contributed by atoms with van der Waals surface area (Å²) in [5.74, 6) is -2.22. The van der Waals surface area contributed by atoms with Gasteiger partial charge in [0.05, 0.1) is 11.3 Å². The summed E-state index contributed by atoms with van der Waals surface area (Å²) in [5.41, 5.74) is 0.514. The maximum absolute atomic E-state index is 13.1. The van der Waals surface area contributed by atoms with E-state index in [-0.39, 0.29) is 16.8 Å². The van der Waals surface area contributed by atoms with Crippen molar-refractivity contribution in [1.82, 2.24) is 0 Å². The molecule has 0 unspecified atom stereocenters. The topological polar surface area (TPSA) is 66.4 Å². The van der Waals surface area contributed by atoms with Crippen LogP contribution in [0.1, 0.15) is 15.9 Å². The van der Waals surface area contributed by atoms with Crippen molar-refractivity contribution in [2.75, 3.05) is 5.32 Å². The number of para-hydroxylation sites is 1. The van der Waals surface area contributed by atoms with Crippen LogP contribution in [0, 0.1) is 5.82 Å². The van der Waals surface area contributed by atoms with Crippen molar-refractivity contribution < 1.29 is 19.1 Å². The molecule has 0 aliphatic rings. The summed E-state index contributed by atoms with van der Waals surface area (Å²) >= 11 is 0. The van der Waals surface area contributed by atoms with E-state index in [0.717, 1.165) is 0 Å². The van der Waals surface area contributed by atoms with E-state index < -0.39 is 17.7 Å². The standard InChI is InChI=1S/C16H12FNO3/c1-10(11-5-4-6-12(17)9-11)15(19)18-14-8-3-2-7-13(14)16(20)21/h2-9H,1H2,(H,18,19)(H,20,21). The SMILES string of the molecule is C=C(C(=O)Nc1ccccc1C(=O)O)c1cccc(F)c1. The third-order valence-electron chi connectivity index (χ3n) is 2.85. The fraction of sp³-hybridized carbons (Fsp3) is 0. The molecule has 0 spiro atoms. The lowest BCUT2D eigenvalue weighted by atomic mass is 10.1. The zero-order chi connectivity index (χ0) is 15.4. The van der Waals surface area contributed by atoms with Crippen LogP contribution in [-0.4, -0.2) is 17.0 Å². The van der Waals surface area contributed by atoms with Crippen LogP contribution in [0.3, 0.4) is 0 Å². The summed E-state index contributed by atoms with van der Waals surface area (Å²) < 4.78 is 13.1. The number of hydrogen-bond acceptors (Lipinski definition) is 2. The molecule has 0 bridgehead atoms. The fourth-order valence-electron chi connectivity index (χ4n) is 1.78. The number of anilines is 1. The van der Waals surface area contributed by atoms with Gasteiger partial charge in [0, 0.05) is 5.57 Å². The summed E-state index contributed by atoms with van der Waals surface area (Å²) in [6, 6.07) is 11.5. The summed E-state index contributed by atoms with van der Waals surface area (Å²) in [5, 5.41) is 11.5. The van der Waals surface area contributed by atoms with Crippen LogP contribution in [0.5, 0.6) is 0 Å². The van der Waals surface area contributed by atoms with Gasteiger partial charge in [-0.2, -0.15) is 0 Å². The van der Waals surface area contributed by atoms with Gasteiger partial charge >= 0.3 is 5.97 Å². The van der Waals surface area contributed by atoms with Crippen LogP contribution in [-0.2, 0) is 4.79 Å². The van der Waals surface area contributed by atoms with Crippen LogP contribution < -0.4 is 5.32 Å². The number of carbonyl (C=O) groups is 2. The third-order valence-corrected chi connectivity index (χ3v) is 2.85. The predicted octanol–water partition coefficient (Wildman–Crippen LogP) is 3.18. The van der Waals surface area contributed by atoms with Crippen LogP contribution in [0.4, 0.5) is 10.1 Å². The maximum atomic E-state index is 13.1. The van der Waals surface area contributed by atoms with Crippen molar-refractivity contribution >= 4 is 23.1 Å². The van der Waals surface area contributed by atoms with Gasteiger partial charge in [0.1, 0.15) is 5.82 Å². The molecule has 4 nitrogen and oxygen atoms in total. The second-order valence-electron chi connectivity index (χ2n) is 4.29. The third kappa shape index (κ3) is 3.33. The largest absolute Gasteiger partial charge is 0.478 e. The van der Waals surface area contributed by atoms with E-state index in [9.17, 15) is 14.0 Å². The highest BCUT2D eigenvalue weighted by molar-refractivity contribution is 6.25. The molecule has 0 radical (unpaired) electrons. The number of aromatic carboxylic acids is 1. The van der Waals surface area contributed by atoms with E-state index in [1.54, 1.807) is 18.2 Å². The van der Waals surface area contributed by atoms with Crippen LogP contribution in [0.25, 0.3) is 5.57 Å². The Morgan fingerprint density at radius 2 is 1.81 bits per heavy atom. The van der Waals surface area contributed by atoms with Gasteiger partial charge in [0.2, 0.25) is 0 Å². The molecule has 5 heteroatoms. The Morgan fingerprint density at radius 3 is 2.48 bits per heavy atom. The first-order valence-electron chi connectivity index (χ1n) is 6.07. The molecule has 0 aliphatic carbocycles. The fourth-order valence-corrected chi connectivity index (χ4v) is 1.78. The van der Waals surface area contributed by atoms with E-state index in [1.165, 1.54) is 30.3 Å². The van der Waals surface area contributed by atoms with Gasteiger partial charge in [-0.1, -0.05) is 30.8 Å². The number of carboxylic acid groups (broad SMARTS) is 1. The van der Waals surface area contributed by atoms with Crippen molar-refractivity contribution in [3.8, 4) is 0 Å². The minimum Gasteiger partial charge on any atom is -0.478 e. The van der Waals surface area contributed by atoms with Crippen LogP contribution >= 0.6 is 0 Å². The lowest BCUT2D eigenvalue weighted by molar-refractivity contribution is -0.111. The van der Waals surface area contributed by atoms with Gasteiger partial charge in [-0.15, -0.1) is 0 Å². The molecule has 0 aliphatic heterocycles. The summed E-state index contributed by atoms with van der Waals surface area (Å²) in [6.45, 7) is 3.61. The molecule has 106 valence electrons. The first kappa shape index (κ1) is 14.5. The minimum absolute atomic E-state index is 0.0297. The number of benzene rings is 2. The van der Waals surface area contributed by atoms with Gasteiger partial charge < -0.3 is 10.4 Å². The Balaban J connectivity index is 2.23. The molecular formula is C16H12FNO3. The van der Waals surface area contributed by atoms with Crippen molar-refractivity contribution in [1.29, 1.82) is 0 Å². The molecule has 0 saturated heterocycles. The number of carboxylic acids is 1. The van der Waals surface area contributed by atoms with Crippen molar-refractivity contribution in [3.05, 3.63) is 72.1 Å². The zero-order valence-corrected chi connectivity index (χ0v) is 11.0. The molecule has 0 aromatic heterocycles. The zero-order valence-electron chi connectivity index (χ0n) is 11.0. The van der Waals surface area contributed by atoms with E-state index in [1.807, 2.05) is 0 Å². The first-order chi connectivity index (χ1) is 9.99. The molecule has 0 fully saturated rings. The quantitative estimate of drug-likeness (QED) is 0.848. The van der Waals surface area contributed by atoms with Gasteiger partial charge in [-0.05, 0) is 29.8 Å². The molecule has 0 heterocycles. The number of hydrogen-bond donors (Lipinski definition) is 2. The Morgan fingerprint density at radius 1 is 1.10 bits per heavy atom. The Bertz CT molecular complexity index is 725. The van der Waals surface area contributed by atoms with Gasteiger partial charge in [-0.25, -0.2) is 9.18 Å². The lowest BCUT2D eigenvalue weighted by Crippen LogP contribution is -2.15. The molecule has 2 aromatic carbocycles. The van der Waals surface area contributed by atoms with Crippen molar-refractivity contribution in [2.24, 2.45) is 0 Å². The van der Waals surface area contributed by atoms with Crippen molar-refractivity contribution in [3.63, 3.8) is 0 Å². The van der Waals surface area contributed by atoms with Crippen LogP contribution in [0.15, 0.2) is 55.1 Å². The maximum Gasteiger partial charge on any atom is 0.337 e. The van der Waals surface area contributed by atoms with E-state index in [4.69, 9.17) is 5.11 Å². The van der Waals surface area contributed by atoms with E-state index in [0.29, 0.717) is 5.56 Å². The molecule has 21 heavy (non-hydrogen) atoms. The number of rotatable bonds is 4. The Kier molecular flexibility index (Phi) is 4.13. The Labute approximate surface area is 120 Å². The van der Waals surface area contributed by atoms with Crippen LogP contribution in [0.2, 0.25) is 0 Å². The minimum atomic E-state index is -1.15. The van der Waals surface area contributed by atoms with Crippen molar-refractivity contribution in [2.45, 2.75) is 0 Å². The molecule has 2 aromatic rings. The lowest BCUT2D eigenvalue weighted by Gasteiger charge is -2.10. The highest BCUT2D eigenvalue weighted by Gasteiger charge is 2.14. The number of nitrogens with one attached hydrogen (secondary N) is 1. The molecule has 0 atom stereocenters. The summed E-state index contributed by atoms with van der Waals surface area (Å²) in [6.07, 6.45) is 0. The highest BCUT2D eigenvalue weighted by atomic mass is 19.1. The second kappa shape index (κ2) is 6.00. The number of amides is 1. The smallest absolute Gasteiger partial charge is 0.337 e. The molecular weight excluding hydrogens is 273 g/mol. The van der Waals surface area contributed by atoms with E-state index in [2.05, 4.69) is 11.9 Å². The number of carbonyl (C=O) groups excluding carboxylic acids is 1. The summed E-state index contributed by atoms with van der Waals surface area (Å²) in [7, 11) is 0. The Hall–Kier alpha value is -2.95. The predicted molar refractivity (Wildman–Crippen MR) is 77.5 cm³/mol. The second-order valence-corrected chi connectivity index (χ2v) is 4.29. The molecule has 2 N–H and O–H groups in total. The molecule has 2 rings (SSSR count). The summed E-state index contributed by atoms with van der Waals surface area (Å²) in [4.78, 5) is 23.1. The monoisotopic (exact) mass is 285 g/mol. The first-order valence-corrected chi connectivity index (χ1v) is 6.07.